The standard InChI is InChI=1S/C12H12FN3O3/c1-2-4-8(7-14)12(17)15-11-9(13)5-3-6-10(11)16(18)19/h3,5-6,8H,2,4H2,1H3,(H,15,17). The van der Waals surface area contributed by atoms with Gasteiger partial charge in [0.05, 0.1) is 11.0 Å². The molecule has 1 aromatic carbocycles. The molecule has 0 saturated heterocycles. The van der Waals surface area contributed by atoms with Crippen molar-refractivity contribution in [2.75, 3.05) is 5.32 Å². The van der Waals surface area contributed by atoms with Crippen molar-refractivity contribution >= 4 is 17.3 Å². The second-order valence-corrected chi connectivity index (χ2v) is 3.85. The molecule has 0 aromatic heterocycles. The molecule has 0 radical (unpaired) electrons. The molecule has 0 aliphatic carbocycles. The molecule has 1 atom stereocenters. The minimum atomic E-state index is -0.954. The van der Waals surface area contributed by atoms with E-state index in [4.69, 9.17) is 5.26 Å². The van der Waals surface area contributed by atoms with E-state index >= 15 is 0 Å². The molecule has 0 spiro atoms. The van der Waals surface area contributed by atoms with Crippen LogP contribution in [0.3, 0.4) is 0 Å². The highest BCUT2D eigenvalue weighted by atomic mass is 19.1. The summed E-state index contributed by atoms with van der Waals surface area (Å²) in [7, 11) is 0. The fraction of sp³-hybridized carbons (Fsp3) is 0.333. The van der Waals surface area contributed by atoms with Crippen LogP contribution in [0.4, 0.5) is 15.8 Å². The summed E-state index contributed by atoms with van der Waals surface area (Å²) in [6, 6.07) is 5.05. The normalized spacial score (nSPS) is 11.4. The highest BCUT2D eigenvalue weighted by Crippen LogP contribution is 2.27. The number of nitrogens with zero attached hydrogens (tertiary/aromatic N) is 2. The third-order valence-corrected chi connectivity index (χ3v) is 2.49. The van der Waals surface area contributed by atoms with Crippen molar-refractivity contribution in [2.24, 2.45) is 5.92 Å². The second kappa shape index (κ2) is 6.44. The molecule has 0 aliphatic rings. The summed E-state index contributed by atoms with van der Waals surface area (Å²) in [6.07, 6.45) is 0.912. The van der Waals surface area contributed by atoms with Gasteiger partial charge in [0.1, 0.15) is 5.92 Å². The molecule has 0 fully saturated rings. The summed E-state index contributed by atoms with van der Waals surface area (Å²) in [5, 5.41) is 21.7. The molecule has 19 heavy (non-hydrogen) atoms. The molecule has 100 valence electrons. The van der Waals surface area contributed by atoms with Gasteiger partial charge in [-0.3, -0.25) is 14.9 Å². The summed E-state index contributed by atoms with van der Waals surface area (Å²) in [5.41, 5.74) is -1.05. The third-order valence-electron chi connectivity index (χ3n) is 2.49. The Hall–Kier alpha value is -2.49. The van der Waals surface area contributed by atoms with Crippen LogP contribution in [0.15, 0.2) is 18.2 Å². The van der Waals surface area contributed by atoms with Gasteiger partial charge in [0.2, 0.25) is 5.91 Å². The zero-order valence-electron chi connectivity index (χ0n) is 10.2. The number of anilines is 1. The molecule has 1 N–H and O–H groups in total. The van der Waals surface area contributed by atoms with Crippen LogP contribution in [0, 0.1) is 33.2 Å². The highest BCUT2D eigenvalue weighted by molar-refractivity contribution is 5.96. The first kappa shape index (κ1) is 14.6. The van der Waals surface area contributed by atoms with Gasteiger partial charge in [-0.25, -0.2) is 4.39 Å². The molecule has 0 aliphatic heterocycles. The quantitative estimate of drug-likeness (QED) is 0.653. The summed E-state index contributed by atoms with van der Waals surface area (Å²) < 4.78 is 13.5. The number of hydrogen-bond donors (Lipinski definition) is 1. The average molecular weight is 265 g/mol. The van der Waals surface area contributed by atoms with Crippen LogP contribution in [-0.4, -0.2) is 10.8 Å². The van der Waals surface area contributed by atoms with Gasteiger partial charge >= 0.3 is 0 Å². The maximum absolute atomic E-state index is 13.5. The number of nitrogens with one attached hydrogen (secondary N) is 1. The van der Waals surface area contributed by atoms with Crippen molar-refractivity contribution < 1.29 is 14.1 Å². The van der Waals surface area contributed by atoms with E-state index in [-0.39, 0.29) is 0 Å². The Bertz CT molecular complexity index is 540. The van der Waals surface area contributed by atoms with Crippen molar-refractivity contribution in [2.45, 2.75) is 19.8 Å². The number of nitriles is 1. The monoisotopic (exact) mass is 265 g/mol. The van der Waals surface area contributed by atoms with Crippen molar-refractivity contribution in [3.8, 4) is 6.07 Å². The van der Waals surface area contributed by atoms with Crippen LogP contribution in [0.5, 0.6) is 0 Å². The van der Waals surface area contributed by atoms with Gasteiger partial charge in [0, 0.05) is 6.07 Å². The lowest BCUT2D eigenvalue weighted by atomic mass is 10.0. The van der Waals surface area contributed by atoms with Crippen LogP contribution in [-0.2, 0) is 4.79 Å². The Balaban J connectivity index is 3.03. The van der Waals surface area contributed by atoms with E-state index in [1.165, 1.54) is 6.07 Å². The van der Waals surface area contributed by atoms with E-state index in [0.29, 0.717) is 12.8 Å². The zero-order valence-corrected chi connectivity index (χ0v) is 10.2. The van der Waals surface area contributed by atoms with Gasteiger partial charge in [-0.2, -0.15) is 5.26 Å². The Morgan fingerprint density at radius 2 is 2.32 bits per heavy atom. The molecular formula is C12H12FN3O3. The molecular weight excluding hydrogens is 253 g/mol. The number of carbonyl (C=O) groups excluding carboxylic acids is 1. The summed E-state index contributed by atoms with van der Waals surface area (Å²) in [5.74, 6) is -2.60. The number of carbonyl (C=O) groups is 1. The maximum Gasteiger partial charge on any atom is 0.295 e. The van der Waals surface area contributed by atoms with Gasteiger partial charge in [-0.15, -0.1) is 0 Å². The Labute approximate surface area is 109 Å². The molecule has 1 aromatic rings. The van der Waals surface area contributed by atoms with Gasteiger partial charge in [-0.05, 0) is 12.5 Å². The molecule has 1 unspecified atom stereocenters. The topological polar surface area (TPSA) is 96.0 Å². The number of halogens is 1. The first-order chi connectivity index (χ1) is 9.01. The van der Waals surface area contributed by atoms with Gasteiger partial charge in [0.25, 0.3) is 5.69 Å². The number of amides is 1. The number of rotatable bonds is 5. The molecule has 0 saturated carbocycles. The first-order valence-corrected chi connectivity index (χ1v) is 5.64. The Morgan fingerprint density at radius 3 is 2.84 bits per heavy atom. The van der Waals surface area contributed by atoms with Gasteiger partial charge in [-0.1, -0.05) is 19.4 Å². The highest BCUT2D eigenvalue weighted by Gasteiger charge is 2.23. The van der Waals surface area contributed by atoms with E-state index in [1.54, 1.807) is 13.0 Å². The zero-order chi connectivity index (χ0) is 14.4. The predicted octanol–water partition coefficient (Wildman–Crippen LogP) is 2.61. The molecule has 0 heterocycles. The lowest BCUT2D eigenvalue weighted by Gasteiger charge is -2.10. The second-order valence-electron chi connectivity index (χ2n) is 3.85. The average Bonchev–Trinajstić information content (AvgIpc) is 2.37. The van der Waals surface area contributed by atoms with Crippen molar-refractivity contribution in [3.05, 3.63) is 34.1 Å². The minimum Gasteiger partial charge on any atom is -0.317 e. The lowest BCUT2D eigenvalue weighted by Crippen LogP contribution is -2.22. The fourth-order valence-corrected chi connectivity index (χ4v) is 1.54. The van der Waals surface area contributed by atoms with E-state index in [2.05, 4.69) is 5.32 Å². The number of para-hydroxylation sites is 1. The summed E-state index contributed by atoms with van der Waals surface area (Å²) in [4.78, 5) is 21.7. The van der Waals surface area contributed by atoms with Crippen LogP contribution in [0.1, 0.15) is 19.8 Å². The van der Waals surface area contributed by atoms with Crippen LogP contribution in [0.2, 0.25) is 0 Å². The fourth-order valence-electron chi connectivity index (χ4n) is 1.54. The molecule has 1 amide bonds. The van der Waals surface area contributed by atoms with Gasteiger partial charge < -0.3 is 5.32 Å². The predicted molar refractivity (Wildman–Crippen MR) is 65.7 cm³/mol. The summed E-state index contributed by atoms with van der Waals surface area (Å²) >= 11 is 0. The van der Waals surface area contributed by atoms with Crippen molar-refractivity contribution in [1.82, 2.24) is 0 Å². The van der Waals surface area contributed by atoms with E-state index < -0.39 is 33.9 Å². The van der Waals surface area contributed by atoms with Gasteiger partial charge in [0.15, 0.2) is 11.5 Å². The minimum absolute atomic E-state index is 0.310. The van der Waals surface area contributed by atoms with E-state index in [0.717, 1.165) is 12.1 Å². The smallest absolute Gasteiger partial charge is 0.295 e. The SMILES string of the molecule is CCCC(C#N)C(=O)Nc1c(F)cccc1[N+](=O)[O-]. The van der Waals surface area contributed by atoms with Crippen molar-refractivity contribution in [3.63, 3.8) is 0 Å². The summed E-state index contributed by atoms with van der Waals surface area (Å²) in [6.45, 7) is 1.79. The third kappa shape index (κ3) is 3.48. The van der Waals surface area contributed by atoms with Crippen molar-refractivity contribution in [1.29, 1.82) is 5.26 Å². The largest absolute Gasteiger partial charge is 0.317 e. The Kier molecular flexibility index (Phi) is 4.94. The van der Waals surface area contributed by atoms with Crippen LogP contribution >= 0.6 is 0 Å². The molecule has 0 bridgehead atoms. The van der Waals surface area contributed by atoms with E-state index in [1.807, 2.05) is 0 Å². The first-order valence-electron chi connectivity index (χ1n) is 5.64. The van der Waals surface area contributed by atoms with Crippen LogP contribution in [0.25, 0.3) is 0 Å². The number of hydrogen-bond acceptors (Lipinski definition) is 4. The Morgan fingerprint density at radius 1 is 1.63 bits per heavy atom. The number of nitro benzene ring substituents is 1. The van der Waals surface area contributed by atoms with E-state index in [9.17, 15) is 19.3 Å². The molecule has 1 rings (SSSR count). The number of nitro groups is 1. The maximum atomic E-state index is 13.5. The van der Waals surface area contributed by atoms with Crippen LogP contribution < -0.4 is 5.32 Å². The lowest BCUT2D eigenvalue weighted by molar-refractivity contribution is -0.384. The molecule has 6 nitrogen and oxygen atoms in total. The number of benzene rings is 1. The molecule has 7 heteroatoms.